The normalized spacial score (nSPS) is 16.8. The number of nitrogens with zero attached hydrogens (tertiary/aromatic N) is 3. The van der Waals surface area contributed by atoms with Crippen molar-refractivity contribution in [2.24, 2.45) is 5.73 Å². The van der Waals surface area contributed by atoms with Gasteiger partial charge in [-0.25, -0.2) is 0 Å². The van der Waals surface area contributed by atoms with Crippen LogP contribution < -0.4 is 11.1 Å². The van der Waals surface area contributed by atoms with Crippen molar-refractivity contribution in [3.63, 3.8) is 0 Å². The zero-order chi connectivity index (χ0) is 26.4. The Balaban J connectivity index is 1.58. The number of halogens is 1. The zero-order valence-corrected chi connectivity index (χ0v) is 20.9. The summed E-state index contributed by atoms with van der Waals surface area (Å²) < 4.78 is 0. The number of benzene rings is 3. The molecular weight excluding hydrogens is 486 g/mol. The van der Waals surface area contributed by atoms with Crippen molar-refractivity contribution in [2.75, 3.05) is 5.32 Å². The van der Waals surface area contributed by atoms with Crippen molar-refractivity contribution in [1.82, 2.24) is 4.90 Å². The van der Waals surface area contributed by atoms with Crippen molar-refractivity contribution < 1.29 is 9.59 Å². The monoisotopic (exact) mass is 511 g/mol. The van der Waals surface area contributed by atoms with Crippen LogP contribution in [-0.2, 0) is 6.54 Å². The van der Waals surface area contributed by atoms with Gasteiger partial charge in [-0.05, 0) is 98.0 Å². The molecule has 8 heteroatoms. The molecule has 0 aliphatic heterocycles. The Morgan fingerprint density at radius 3 is 2.03 bits per heavy atom. The van der Waals surface area contributed by atoms with Crippen molar-refractivity contribution >= 4 is 29.1 Å². The SMILES string of the molecule is N#Cc1ccc(C(=O)Nc2ccc(Cl)c(CN(C(=O)c3ccc(C#N)cc3)C3CCC(N)CC3)c2)cc1. The Kier molecular flexibility index (Phi) is 8.20. The van der Waals surface area contributed by atoms with Gasteiger partial charge in [0.25, 0.3) is 11.8 Å². The highest BCUT2D eigenvalue weighted by molar-refractivity contribution is 6.31. The number of nitrogens with one attached hydrogen (secondary N) is 1. The minimum atomic E-state index is -0.315. The lowest BCUT2D eigenvalue weighted by Crippen LogP contribution is -2.44. The van der Waals surface area contributed by atoms with Crippen LogP contribution in [0.1, 0.15) is 63.1 Å². The molecule has 0 radical (unpaired) electrons. The molecule has 1 saturated carbocycles. The van der Waals surface area contributed by atoms with Crippen LogP contribution in [0.5, 0.6) is 0 Å². The molecule has 0 unspecified atom stereocenters. The number of carbonyl (C=O) groups excluding carboxylic acids is 2. The van der Waals surface area contributed by atoms with E-state index in [9.17, 15) is 9.59 Å². The molecule has 3 N–H and O–H groups in total. The lowest BCUT2D eigenvalue weighted by atomic mass is 9.90. The third-order valence-electron chi connectivity index (χ3n) is 6.62. The summed E-state index contributed by atoms with van der Waals surface area (Å²) >= 11 is 6.54. The highest BCUT2D eigenvalue weighted by atomic mass is 35.5. The Morgan fingerprint density at radius 2 is 1.46 bits per heavy atom. The van der Waals surface area contributed by atoms with Gasteiger partial charge in [0.1, 0.15) is 0 Å². The number of nitrogens with two attached hydrogens (primary N) is 1. The maximum Gasteiger partial charge on any atom is 0.255 e. The van der Waals surface area contributed by atoms with Crippen molar-refractivity contribution in [2.45, 2.75) is 44.3 Å². The summed E-state index contributed by atoms with van der Waals surface area (Å²) in [6, 6.07) is 22.4. The third-order valence-corrected chi connectivity index (χ3v) is 6.99. The standard InChI is InChI=1S/C29H26ClN5O2/c30-27-14-11-25(34-28(36)21-5-1-19(16-31)2-6-21)15-23(27)18-35(26-12-9-24(33)10-13-26)29(37)22-7-3-20(17-32)4-8-22/h1-8,11,14-15,24,26H,9-10,12-13,18,33H2,(H,34,36). The van der Waals surface area contributed by atoms with Gasteiger partial charge in [-0.1, -0.05) is 11.6 Å². The highest BCUT2D eigenvalue weighted by Crippen LogP contribution is 2.29. The van der Waals surface area contributed by atoms with Gasteiger partial charge < -0.3 is 16.0 Å². The average Bonchev–Trinajstić information content (AvgIpc) is 2.93. The predicted octanol–water partition coefficient (Wildman–Crippen LogP) is 5.25. The molecule has 0 bridgehead atoms. The number of amides is 2. The first kappa shape index (κ1) is 25.9. The van der Waals surface area contributed by atoms with Crippen LogP contribution in [0.4, 0.5) is 5.69 Å². The van der Waals surface area contributed by atoms with E-state index in [4.69, 9.17) is 27.9 Å². The molecule has 7 nitrogen and oxygen atoms in total. The number of anilines is 1. The van der Waals surface area contributed by atoms with Crippen LogP contribution in [0.15, 0.2) is 66.7 Å². The zero-order valence-electron chi connectivity index (χ0n) is 20.2. The van der Waals surface area contributed by atoms with E-state index in [-0.39, 0.29) is 30.4 Å². The fourth-order valence-corrected chi connectivity index (χ4v) is 4.67. The fourth-order valence-electron chi connectivity index (χ4n) is 4.49. The topological polar surface area (TPSA) is 123 Å². The van der Waals surface area contributed by atoms with Gasteiger partial charge in [0.2, 0.25) is 0 Å². The van der Waals surface area contributed by atoms with Gasteiger partial charge in [-0.2, -0.15) is 10.5 Å². The first-order chi connectivity index (χ1) is 17.9. The molecule has 0 saturated heterocycles. The summed E-state index contributed by atoms with van der Waals surface area (Å²) in [7, 11) is 0. The van der Waals surface area contributed by atoms with E-state index in [1.54, 1.807) is 66.7 Å². The lowest BCUT2D eigenvalue weighted by molar-refractivity contribution is 0.0606. The van der Waals surface area contributed by atoms with Crippen molar-refractivity contribution in [3.8, 4) is 12.1 Å². The van der Waals surface area contributed by atoms with Gasteiger partial charge in [-0.3, -0.25) is 9.59 Å². The largest absolute Gasteiger partial charge is 0.331 e. The van der Waals surface area contributed by atoms with E-state index in [1.165, 1.54) is 0 Å². The second-order valence-electron chi connectivity index (χ2n) is 9.14. The smallest absolute Gasteiger partial charge is 0.255 e. The Bertz CT molecular complexity index is 1370. The number of rotatable bonds is 6. The summed E-state index contributed by atoms with van der Waals surface area (Å²) in [6.07, 6.45) is 3.23. The summed E-state index contributed by atoms with van der Waals surface area (Å²) in [6.45, 7) is 0.262. The maximum atomic E-state index is 13.6. The molecule has 3 aromatic rings. The molecule has 1 fully saturated rings. The number of nitriles is 2. The number of carbonyl (C=O) groups is 2. The first-order valence-corrected chi connectivity index (χ1v) is 12.4. The molecule has 1 aliphatic carbocycles. The average molecular weight is 512 g/mol. The van der Waals surface area contributed by atoms with Crippen LogP contribution in [-0.4, -0.2) is 28.8 Å². The van der Waals surface area contributed by atoms with Crippen molar-refractivity contribution in [1.29, 1.82) is 10.5 Å². The fraction of sp³-hybridized carbons (Fsp3) is 0.241. The van der Waals surface area contributed by atoms with Gasteiger partial charge in [0.05, 0.1) is 23.3 Å². The van der Waals surface area contributed by atoms with Crippen LogP contribution >= 0.6 is 11.6 Å². The number of hydrogen-bond acceptors (Lipinski definition) is 5. The molecule has 0 heterocycles. The molecule has 0 aromatic heterocycles. The van der Waals surface area contributed by atoms with E-state index >= 15 is 0 Å². The molecule has 1 aliphatic rings. The van der Waals surface area contributed by atoms with Gasteiger partial charge in [-0.15, -0.1) is 0 Å². The minimum absolute atomic E-state index is 0.00379. The van der Waals surface area contributed by atoms with Crippen LogP contribution in [0.3, 0.4) is 0 Å². The third kappa shape index (κ3) is 6.34. The Hall–Kier alpha value is -4.17. The summed E-state index contributed by atoms with van der Waals surface area (Å²) in [5.74, 6) is -0.461. The molecule has 3 aromatic carbocycles. The second kappa shape index (κ2) is 11.7. The molecule has 4 rings (SSSR count). The molecule has 0 atom stereocenters. The van der Waals surface area contributed by atoms with Gasteiger partial charge in [0, 0.05) is 40.5 Å². The van der Waals surface area contributed by atoms with Gasteiger partial charge in [0.15, 0.2) is 0 Å². The molecular formula is C29H26ClN5O2. The maximum absolute atomic E-state index is 13.6. The summed E-state index contributed by atoms with van der Waals surface area (Å²) in [5, 5.41) is 21.4. The first-order valence-electron chi connectivity index (χ1n) is 12.0. The van der Waals surface area contributed by atoms with Crippen molar-refractivity contribution in [3.05, 3.63) is 99.6 Å². The highest BCUT2D eigenvalue weighted by Gasteiger charge is 2.29. The molecule has 37 heavy (non-hydrogen) atoms. The quantitative estimate of drug-likeness (QED) is 0.468. The van der Waals surface area contributed by atoms with E-state index in [0.29, 0.717) is 38.5 Å². The Labute approximate surface area is 221 Å². The van der Waals surface area contributed by atoms with Gasteiger partial charge >= 0.3 is 0 Å². The van der Waals surface area contributed by atoms with E-state index in [0.717, 1.165) is 25.7 Å². The van der Waals surface area contributed by atoms with Crippen LogP contribution in [0.2, 0.25) is 5.02 Å². The van der Waals surface area contributed by atoms with Crippen LogP contribution in [0.25, 0.3) is 0 Å². The minimum Gasteiger partial charge on any atom is -0.331 e. The summed E-state index contributed by atoms with van der Waals surface area (Å²) in [4.78, 5) is 28.2. The predicted molar refractivity (Wildman–Crippen MR) is 142 cm³/mol. The van der Waals surface area contributed by atoms with Crippen LogP contribution in [0, 0.1) is 22.7 Å². The molecule has 0 spiro atoms. The lowest BCUT2D eigenvalue weighted by Gasteiger charge is -2.36. The Morgan fingerprint density at radius 1 is 0.892 bits per heavy atom. The summed E-state index contributed by atoms with van der Waals surface area (Å²) in [5.41, 5.74) is 9.24. The number of hydrogen-bond donors (Lipinski definition) is 2. The molecule has 2 amide bonds. The van der Waals surface area contributed by atoms with E-state index < -0.39 is 0 Å². The molecule has 186 valence electrons. The van der Waals surface area contributed by atoms with E-state index in [1.807, 2.05) is 11.0 Å². The van der Waals surface area contributed by atoms with E-state index in [2.05, 4.69) is 11.4 Å². The second-order valence-corrected chi connectivity index (χ2v) is 9.55.